The zero-order valence-corrected chi connectivity index (χ0v) is 42.1. The molecule has 1 aromatic heterocycles. The second-order valence-corrected chi connectivity index (χ2v) is 23.7. The molecule has 1 aromatic carbocycles. The number of aromatic hydroxyl groups is 1. The van der Waals surface area contributed by atoms with E-state index >= 15 is 0 Å². The fourth-order valence-electron chi connectivity index (χ4n) is 7.99. The van der Waals surface area contributed by atoms with Crippen molar-refractivity contribution in [2.24, 2.45) is 17.8 Å². The van der Waals surface area contributed by atoms with Crippen LogP contribution in [-0.4, -0.2) is 120 Å². The Hall–Kier alpha value is -4.39. The smallest absolute Gasteiger partial charge is 0.307 e. The van der Waals surface area contributed by atoms with Crippen LogP contribution < -0.4 is 16.0 Å². The number of thiazole rings is 1. The molecule has 0 bridgehead atoms. The van der Waals surface area contributed by atoms with Gasteiger partial charge in [0.15, 0.2) is 21.2 Å². The molecule has 0 aliphatic carbocycles. The van der Waals surface area contributed by atoms with E-state index in [9.17, 15) is 38.7 Å². The van der Waals surface area contributed by atoms with E-state index in [1.807, 2.05) is 59.7 Å². The Bertz CT molecular complexity index is 1860. The molecule has 1 fully saturated rings. The summed E-state index contributed by atoms with van der Waals surface area (Å²) in [7, 11) is -0.335. The molecule has 1 aliphatic rings. The normalized spacial score (nSPS) is 17.2. The quantitative estimate of drug-likeness (QED) is 0.0314. The van der Waals surface area contributed by atoms with Crippen molar-refractivity contribution in [2.75, 3.05) is 26.9 Å². The number of aromatic nitrogens is 1. The van der Waals surface area contributed by atoms with Crippen molar-refractivity contribution < 1.29 is 48.1 Å². The molecule has 0 radical (unpaired) electrons. The van der Waals surface area contributed by atoms with Crippen molar-refractivity contribution in [3.05, 3.63) is 45.9 Å². The standard InChI is InChI=1S/C47H76N6O10SSi/c1-11-16-41(56)62-29-53(47(60)42(31(5)12-2)51-45(59)38-17-13-14-23-52(38)8)39(30(3)4)27-40(63-33(7)54)46-50-37(28-64-46)44(58)49-35(26-34-18-20-36(55)21-19-34)25-32(6)43(57)48-22-15-24-65(9,10)61/h18-21,28,30-32,35,38-40,42,55,61H,11-17,22-27,29H2,1-10H3,(H,48,57)(H,49,58)(H,51,59)/t31?,32?,35?,38-,39?,40?,42?/m0/s1. The van der Waals surface area contributed by atoms with E-state index in [4.69, 9.17) is 9.47 Å². The molecule has 0 saturated carbocycles. The molecule has 18 heteroatoms. The highest BCUT2D eigenvalue weighted by Crippen LogP contribution is 2.32. The predicted octanol–water partition coefficient (Wildman–Crippen LogP) is 6.08. The van der Waals surface area contributed by atoms with E-state index in [1.54, 1.807) is 36.6 Å². The van der Waals surface area contributed by atoms with Crippen LogP contribution in [-0.2, 0) is 39.9 Å². The van der Waals surface area contributed by atoms with E-state index in [2.05, 4.69) is 20.9 Å². The van der Waals surface area contributed by atoms with Gasteiger partial charge in [-0.1, -0.05) is 66.5 Å². The lowest BCUT2D eigenvalue weighted by molar-refractivity contribution is -0.160. The average molecular weight is 945 g/mol. The number of hydrogen-bond donors (Lipinski definition) is 5. The maximum absolute atomic E-state index is 14.9. The minimum Gasteiger partial charge on any atom is -0.508 e. The largest absolute Gasteiger partial charge is 0.508 e. The van der Waals surface area contributed by atoms with Crippen LogP contribution >= 0.6 is 11.3 Å². The van der Waals surface area contributed by atoms with Gasteiger partial charge in [0.1, 0.15) is 22.5 Å². The fraction of sp³-hybridized carbons (Fsp3) is 0.681. The molecule has 16 nitrogen and oxygen atoms in total. The molecule has 6 unspecified atom stereocenters. The van der Waals surface area contributed by atoms with Crippen LogP contribution in [0.15, 0.2) is 29.6 Å². The second-order valence-electron chi connectivity index (χ2n) is 18.7. The lowest BCUT2D eigenvalue weighted by Gasteiger charge is -2.39. The van der Waals surface area contributed by atoms with Crippen LogP contribution in [0.2, 0.25) is 19.1 Å². The highest BCUT2D eigenvalue weighted by Gasteiger charge is 2.39. The van der Waals surface area contributed by atoms with Gasteiger partial charge in [0, 0.05) is 49.7 Å². The first kappa shape index (κ1) is 54.9. The van der Waals surface area contributed by atoms with Gasteiger partial charge < -0.3 is 40.2 Å². The highest BCUT2D eigenvalue weighted by molar-refractivity contribution is 7.09. The first-order valence-corrected chi connectivity index (χ1v) is 27.3. The summed E-state index contributed by atoms with van der Waals surface area (Å²) in [5.74, 6) is -3.31. The Morgan fingerprint density at radius 2 is 1.71 bits per heavy atom. The summed E-state index contributed by atoms with van der Waals surface area (Å²) in [4.78, 5) is 99.5. The number of piperidine rings is 1. The summed E-state index contributed by atoms with van der Waals surface area (Å²) in [5.41, 5.74) is 0.904. The first-order valence-electron chi connectivity index (χ1n) is 23.3. The molecule has 2 heterocycles. The molecular weight excluding hydrogens is 869 g/mol. The van der Waals surface area contributed by atoms with Crippen molar-refractivity contribution in [1.82, 2.24) is 30.7 Å². The number of likely N-dealkylation sites (N-methyl/N-ethyl adjacent to an activating group) is 1. The van der Waals surface area contributed by atoms with Gasteiger partial charge in [0.2, 0.25) is 17.7 Å². The van der Waals surface area contributed by atoms with Gasteiger partial charge in [-0.3, -0.25) is 33.7 Å². The molecule has 0 spiro atoms. The Morgan fingerprint density at radius 1 is 1.02 bits per heavy atom. The molecule has 4 amide bonds. The second kappa shape index (κ2) is 26.7. The van der Waals surface area contributed by atoms with Gasteiger partial charge in [-0.15, -0.1) is 11.3 Å². The highest BCUT2D eigenvalue weighted by atomic mass is 32.1. The lowest BCUT2D eigenvalue weighted by Crippen LogP contribution is -2.59. The molecule has 65 heavy (non-hydrogen) atoms. The third kappa shape index (κ3) is 18.4. The van der Waals surface area contributed by atoms with Crippen LogP contribution in [0.5, 0.6) is 5.75 Å². The number of carbonyl (C=O) groups excluding carboxylic acids is 6. The van der Waals surface area contributed by atoms with Crippen LogP contribution in [0.25, 0.3) is 0 Å². The number of nitrogens with one attached hydrogen (secondary N) is 3. The number of rotatable bonds is 26. The number of esters is 2. The van der Waals surface area contributed by atoms with E-state index in [0.717, 1.165) is 36.3 Å². The molecule has 1 aliphatic heterocycles. The Morgan fingerprint density at radius 3 is 2.31 bits per heavy atom. The predicted molar refractivity (Wildman–Crippen MR) is 253 cm³/mol. The minimum atomic E-state index is -2.24. The number of phenols is 1. The minimum absolute atomic E-state index is 0.0452. The van der Waals surface area contributed by atoms with Gasteiger partial charge in [0.25, 0.3) is 5.91 Å². The van der Waals surface area contributed by atoms with E-state index in [1.165, 1.54) is 11.8 Å². The number of hydrogen-bond acceptors (Lipinski definition) is 13. The lowest BCUT2D eigenvalue weighted by atomic mass is 9.92. The van der Waals surface area contributed by atoms with Gasteiger partial charge in [-0.2, -0.15) is 0 Å². The maximum atomic E-state index is 14.9. The topological polar surface area (TPSA) is 217 Å². The summed E-state index contributed by atoms with van der Waals surface area (Å²) in [6, 6.07) is 4.79. The van der Waals surface area contributed by atoms with Crippen molar-refractivity contribution in [3.8, 4) is 5.75 Å². The van der Waals surface area contributed by atoms with Crippen LogP contribution in [0, 0.1) is 17.8 Å². The third-order valence-corrected chi connectivity index (χ3v) is 14.5. The Balaban J connectivity index is 1.92. The van der Waals surface area contributed by atoms with Crippen molar-refractivity contribution in [2.45, 2.75) is 162 Å². The molecule has 5 N–H and O–H groups in total. The monoisotopic (exact) mass is 945 g/mol. The first-order chi connectivity index (χ1) is 30.6. The molecule has 7 atom stereocenters. The summed E-state index contributed by atoms with van der Waals surface area (Å²) in [5, 5.41) is 20.8. The van der Waals surface area contributed by atoms with Crippen molar-refractivity contribution in [1.29, 1.82) is 0 Å². The fourth-order valence-corrected chi connectivity index (χ4v) is 9.87. The van der Waals surface area contributed by atoms with Gasteiger partial charge in [-0.05, 0) is 101 Å². The van der Waals surface area contributed by atoms with Gasteiger partial charge in [0.05, 0.1) is 6.04 Å². The number of nitrogens with zero attached hydrogens (tertiary/aromatic N) is 3. The maximum Gasteiger partial charge on any atom is 0.307 e. The van der Waals surface area contributed by atoms with E-state index < -0.39 is 62.2 Å². The number of carbonyl (C=O) groups is 6. The zero-order valence-electron chi connectivity index (χ0n) is 40.3. The van der Waals surface area contributed by atoms with Crippen molar-refractivity contribution in [3.63, 3.8) is 0 Å². The van der Waals surface area contributed by atoms with Crippen LogP contribution in [0.3, 0.4) is 0 Å². The number of ether oxygens (including phenoxy) is 2. The van der Waals surface area contributed by atoms with Crippen LogP contribution in [0.1, 0.15) is 133 Å². The van der Waals surface area contributed by atoms with Crippen LogP contribution in [0.4, 0.5) is 0 Å². The van der Waals surface area contributed by atoms with E-state index in [0.29, 0.717) is 56.1 Å². The molecular formula is C47H76N6O10SSi. The third-order valence-electron chi connectivity index (χ3n) is 12.0. The Kier molecular flexibility index (Phi) is 22.5. The molecule has 364 valence electrons. The average Bonchev–Trinajstić information content (AvgIpc) is 3.74. The Labute approximate surface area is 391 Å². The molecule has 1 saturated heterocycles. The number of likely N-dealkylation sites (tertiary alicyclic amines) is 1. The van der Waals surface area contributed by atoms with Crippen molar-refractivity contribution >= 4 is 55.2 Å². The number of amides is 4. The van der Waals surface area contributed by atoms with Gasteiger partial charge in [-0.25, -0.2) is 4.98 Å². The number of benzene rings is 1. The SMILES string of the molecule is CCCC(=O)OCN(C(=O)C(NC(=O)[C@@H]1CCCCN1C)C(C)CC)C(CC(OC(C)=O)c1nc(C(=O)NC(Cc2ccc(O)cc2)CC(C)C(=O)NCCC[Si](C)(C)O)cs1)C(C)C. The molecule has 3 rings (SSSR count). The molecule has 2 aromatic rings. The van der Waals surface area contributed by atoms with E-state index in [-0.39, 0.29) is 60.7 Å². The zero-order chi connectivity index (χ0) is 48.4. The summed E-state index contributed by atoms with van der Waals surface area (Å²) in [6.07, 6.45) is 4.22. The summed E-state index contributed by atoms with van der Waals surface area (Å²) < 4.78 is 11.6. The number of phenolic OH excluding ortho intramolecular Hbond substituents is 1. The summed E-state index contributed by atoms with van der Waals surface area (Å²) >= 11 is 1.12. The van der Waals surface area contributed by atoms with Gasteiger partial charge >= 0.3 is 11.9 Å². The summed E-state index contributed by atoms with van der Waals surface area (Å²) in [6.45, 7) is 17.1.